The van der Waals surface area contributed by atoms with Crippen LogP contribution in [-0.4, -0.2) is 27.8 Å². The number of carbonyl (C=O) groups excluding carboxylic acids is 1. The van der Waals surface area contributed by atoms with Crippen LogP contribution in [0.1, 0.15) is 22.0 Å². The molecule has 0 aliphatic heterocycles. The van der Waals surface area contributed by atoms with Crippen molar-refractivity contribution in [3.8, 4) is 11.5 Å². The number of phenolic OH excluding ortho intramolecular Hbond substituents is 2. The van der Waals surface area contributed by atoms with Gasteiger partial charge in [-0.15, -0.1) is 0 Å². The van der Waals surface area contributed by atoms with Gasteiger partial charge in [0.2, 0.25) is 0 Å². The number of nitrogens with one attached hydrogen (secondary N) is 1. The molecule has 2 rings (SSSR count). The molecule has 0 heterocycles. The first-order valence-electron chi connectivity index (χ1n) is 6.11. The van der Waals surface area contributed by atoms with Crippen molar-refractivity contribution in [2.24, 2.45) is 0 Å². The van der Waals surface area contributed by atoms with E-state index >= 15 is 0 Å². The number of benzene rings is 2. The Hall–Kier alpha value is -2.53. The van der Waals surface area contributed by atoms with Gasteiger partial charge >= 0.3 is 0 Å². The molecule has 20 heavy (non-hydrogen) atoms. The van der Waals surface area contributed by atoms with E-state index in [-0.39, 0.29) is 23.6 Å². The summed E-state index contributed by atoms with van der Waals surface area (Å²) in [7, 11) is 0. The Labute approximate surface area is 116 Å². The number of aromatic hydroxyl groups is 2. The summed E-state index contributed by atoms with van der Waals surface area (Å²) in [6.07, 6.45) is -0.820. The minimum atomic E-state index is -0.820. The van der Waals surface area contributed by atoms with Crippen molar-refractivity contribution in [3.63, 3.8) is 0 Å². The maximum atomic E-state index is 11.8. The molecule has 1 unspecified atom stereocenters. The Balaban J connectivity index is 1.99. The van der Waals surface area contributed by atoms with E-state index in [4.69, 9.17) is 5.11 Å². The van der Waals surface area contributed by atoms with E-state index < -0.39 is 12.0 Å². The largest absolute Gasteiger partial charge is 0.508 e. The predicted octanol–water partition coefficient (Wildman–Crippen LogP) is 1.56. The summed E-state index contributed by atoms with van der Waals surface area (Å²) >= 11 is 0. The minimum absolute atomic E-state index is 0.0309. The highest BCUT2D eigenvalue weighted by molar-refractivity contribution is 5.97. The van der Waals surface area contributed by atoms with Crippen molar-refractivity contribution < 1.29 is 20.1 Å². The third kappa shape index (κ3) is 3.27. The van der Waals surface area contributed by atoms with Crippen molar-refractivity contribution in [1.29, 1.82) is 0 Å². The maximum absolute atomic E-state index is 11.8. The molecule has 0 aliphatic rings. The van der Waals surface area contributed by atoms with Gasteiger partial charge in [0.25, 0.3) is 5.91 Å². The van der Waals surface area contributed by atoms with E-state index in [9.17, 15) is 15.0 Å². The van der Waals surface area contributed by atoms with Crippen LogP contribution in [0.5, 0.6) is 11.5 Å². The Morgan fingerprint density at radius 3 is 2.45 bits per heavy atom. The van der Waals surface area contributed by atoms with E-state index in [1.165, 1.54) is 12.1 Å². The average molecular weight is 273 g/mol. The lowest BCUT2D eigenvalue weighted by molar-refractivity contribution is 0.0913. The molecular weight excluding hydrogens is 258 g/mol. The minimum Gasteiger partial charge on any atom is -0.508 e. The van der Waals surface area contributed by atoms with Crippen molar-refractivity contribution in [2.45, 2.75) is 6.10 Å². The van der Waals surface area contributed by atoms with E-state index in [0.717, 1.165) is 6.07 Å². The van der Waals surface area contributed by atoms with Gasteiger partial charge < -0.3 is 20.6 Å². The maximum Gasteiger partial charge on any atom is 0.255 e. The predicted molar refractivity (Wildman–Crippen MR) is 73.5 cm³/mol. The fraction of sp³-hybridized carbons (Fsp3) is 0.133. The lowest BCUT2D eigenvalue weighted by atomic mass is 10.1. The smallest absolute Gasteiger partial charge is 0.255 e. The van der Waals surface area contributed by atoms with Gasteiger partial charge in [-0.2, -0.15) is 0 Å². The standard InChI is InChI=1S/C15H15NO4/c17-11-6-7-12(13(18)8-11)15(20)16-9-14(19)10-4-2-1-3-5-10/h1-8,14,17-19H,9H2,(H,16,20). The lowest BCUT2D eigenvalue weighted by Crippen LogP contribution is -2.28. The van der Waals surface area contributed by atoms with Crippen LogP contribution in [0, 0.1) is 0 Å². The molecule has 5 nitrogen and oxygen atoms in total. The molecular formula is C15H15NO4. The molecule has 0 aliphatic carbocycles. The van der Waals surface area contributed by atoms with Crippen molar-refractivity contribution in [3.05, 3.63) is 59.7 Å². The molecule has 0 bridgehead atoms. The fourth-order valence-electron chi connectivity index (χ4n) is 1.79. The van der Waals surface area contributed by atoms with Crippen LogP contribution in [0.4, 0.5) is 0 Å². The number of aliphatic hydroxyl groups is 1. The summed E-state index contributed by atoms with van der Waals surface area (Å²) in [5, 5.41) is 31.2. The highest BCUT2D eigenvalue weighted by atomic mass is 16.3. The van der Waals surface area contributed by atoms with Gasteiger partial charge in [-0.05, 0) is 17.7 Å². The van der Waals surface area contributed by atoms with Gasteiger partial charge in [0.15, 0.2) is 0 Å². The molecule has 0 spiro atoms. The summed E-state index contributed by atoms with van der Waals surface area (Å²) in [4.78, 5) is 11.8. The Morgan fingerprint density at radius 2 is 1.80 bits per heavy atom. The van der Waals surface area contributed by atoms with Crippen molar-refractivity contribution >= 4 is 5.91 Å². The lowest BCUT2D eigenvalue weighted by Gasteiger charge is -2.12. The molecule has 5 heteroatoms. The van der Waals surface area contributed by atoms with Gasteiger partial charge in [-0.1, -0.05) is 30.3 Å². The van der Waals surface area contributed by atoms with E-state index in [0.29, 0.717) is 5.56 Å². The summed E-state index contributed by atoms with van der Waals surface area (Å²) < 4.78 is 0. The average Bonchev–Trinajstić information content (AvgIpc) is 2.45. The Bertz CT molecular complexity index is 598. The second-order valence-electron chi connectivity index (χ2n) is 4.34. The first-order chi connectivity index (χ1) is 9.58. The molecule has 104 valence electrons. The molecule has 1 amide bonds. The molecule has 0 radical (unpaired) electrons. The zero-order chi connectivity index (χ0) is 14.5. The van der Waals surface area contributed by atoms with Crippen molar-refractivity contribution in [1.82, 2.24) is 5.32 Å². The number of carbonyl (C=O) groups is 1. The number of rotatable bonds is 4. The summed E-state index contributed by atoms with van der Waals surface area (Å²) in [5.74, 6) is -0.947. The van der Waals surface area contributed by atoms with Gasteiger partial charge in [0, 0.05) is 12.6 Å². The number of amides is 1. The van der Waals surface area contributed by atoms with Crippen LogP contribution >= 0.6 is 0 Å². The molecule has 1 atom stereocenters. The molecule has 4 N–H and O–H groups in total. The Kier molecular flexibility index (Phi) is 4.22. The van der Waals surface area contributed by atoms with Crippen LogP contribution < -0.4 is 5.32 Å². The second-order valence-corrected chi connectivity index (χ2v) is 4.34. The third-order valence-corrected chi connectivity index (χ3v) is 2.87. The van der Waals surface area contributed by atoms with Gasteiger partial charge in [-0.25, -0.2) is 0 Å². The van der Waals surface area contributed by atoms with Gasteiger partial charge in [0.05, 0.1) is 11.7 Å². The zero-order valence-electron chi connectivity index (χ0n) is 10.7. The van der Waals surface area contributed by atoms with E-state index in [1.54, 1.807) is 24.3 Å². The number of hydrogen-bond acceptors (Lipinski definition) is 4. The molecule has 2 aromatic carbocycles. The summed E-state index contributed by atoms with van der Waals surface area (Å²) in [6, 6.07) is 12.7. The Morgan fingerprint density at radius 1 is 1.10 bits per heavy atom. The summed E-state index contributed by atoms with van der Waals surface area (Å²) in [5.41, 5.74) is 0.741. The van der Waals surface area contributed by atoms with E-state index in [2.05, 4.69) is 5.32 Å². The molecule has 2 aromatic rings. The first kappa shape index (κ1) is 13.9. The first-order valence-corrected chi connectivity index (χ1v) is 6.11. The highest BCUT2D eigenvalue weighted by Gasteiger charge is 2.13. The SMILES string of the molecule is O=C(NCC(O)c1ccccc1)c1ccc(O)cc1O. The zero-order valence-corrected chi connectivity index (χ0v) is 10.7. The molecule has 0 aromatic heterocycles. The van der Waals surface area contributed by atoms with Crippen LogP contribution in [-0.2, 0) is 0 Å². The number of phenols is 2. The fourth-order valence-corrected chi connectivity index (χ4v) is 1.79. The van der Waals surface area contributed by atoms with Crippen molar-refractivity contribution in [2.75, 3.05) is 6.54 Å². The molecule has 0 saturated heterocycles. The quantitative estimate of drug-likeness (QED) is 0.680. The van der Waals surface area contributed by atoms with Crippen LogP contribution in [0.15, 0.2) is 48.5 Å². The van der Waals surface area contributed by atoms with Crippen LogP contribution in [0.2, 0.25) is 0 Å². The normalized spacial score (nSPS) is 11.8. The van der Waals surface area contributed by atoms with Crippen LogP contribution in [0.3, 0.4) is 0 Å². The summed E-state index contributed by atoms with van der Waals surface area (Å²) in [6.45, 7) is 0.0309. The van der Waals surface area contributed by atoms with Crippen LogP contribution in [0.25, 0.3) is 0 Å². The second kappa shape index (κ2) is 6.08. The topological polar surface area (TPSA) is 89.8 Å². The molecule has 0 fully saturated rings. The van der Waals surface area contributed by atoms with Gasteiger partial charge in [0.1, 0.15) is 11.5 Å². The monoisotopic (exact) mass is 273 g/mol. The number of aliphatic hydroxyl groups excluding tert-OH is 1. The van der Waals surface area contributed by atoms with Gasteiger partial charge in [-0.3, -0.25) is 4.79 Å². The highest BCUT2D eigenvalue weighted by Crippen LogP contribution is 2.22. The molecule has 0 saturated carbocycles. The number of hydrogen-bond donors (Lipinski definition) is 4. The van der Waals surface area contributed by atoms with E-state index in [1.807, 2.05) is 6.07 Å². The third-order valence-electron chi connectivity index (χ3n) is 2.87.